The molecule has 12 heavy (non-hydrogen) atoms. The van der Waals surface area contributed by atoms with Gasteiger partial charge in [0.25, 0.3) is 0 Å². The van der Waals surface area contributed by atoms with Crippen LogP contribution in [0, 0.1) is 0 Å². The van der Waals surface area contributed by atoms with Crippen molar-refractivity contribution < 1.29 is 4.21 Å². The molecule has 0 saturated carbocycles. The van der Waals surface area contributed by atoms with Crippen LogP contribution in [0.3, 0.4) is 0 Å². The van der Waals surface area contributed by atoms with Crippen molar-refractivity contribution in [1.82, 2.24) is 4.98 Å². The molecule has 0 bridgehead atoms. The van der Waals surface area contributed by atoms with E-state index in [0.717, 1.165) is 0 Å². The van der Waals surface area contributed by atoms with E-state index in [-0.39, 0.29) is 0 Å². The Hall–Kier alpha value is -0.420. The van der Waals surface area contributed by atoms with Gasteiger partial charge in [0.1, 0.15) is 4.60 Å². The molecular formula is C7H9BrN2OS. The first-order chi connectivity index (χ1) is 5.47. The second-order valence-electron chi connectivity index (χ2n) is 2.59. The van der Waals surface area contributed by atoms with E-state index in [1.165, 1.54) is 0 Å². The lowest BCUT2D eigenvalue weighted by atomic mass is 10.5. The second-order valence-corrected chi connectivity index (χ2v) is 5.95. The summed E-state index contributed by atoms with van der Waals surface area (Å²) in [7, 11) is -2.10. The Labute approximate surface area is 80.5 Å². The van der Waals surface area contributed by atoms with Crippen LogP contribution in [-0.2, 0) is 9.73 Å². The number of hydrogen-bond donors (Lipinski definition) is 0. The van der Waals surface area contributed by atoms with Crippen LogP contribution in [0.15, 0.2) is 27.2 Å². The highest BCUT2D eigenvalue weighted by atomic mass is 79.9. The van der Waals surface area contributed by atoms with Crippen molar-refractivity contribution in [3.05, 3.63) is 22.8 Å². The molecule has 5 heteroatoms. The molecule has 0 aliphatic heterocycles. The van der Waals surface area contributed by atoms with Gasteiger partial charge in [0.2, 0.25) is 0 Å². The summed E-state index contributed by atoms with van der Waals surface area (Å²) in [6, 6.07) is 5.32. The van der Waals surface area contributed by atoms with Crippen molar-refractivity contribution in [2.45, 2.75) is 0 Å². The number of aromatic nitrogens is 1. The maximum absolute atomic E-state index is 11.2. The molecule has 1 aromatic heterocycles. The Morgan fingerprint density at radius 1 is 1.50 bits per heavy atom. The number of halogens is 1. The van der Waals surface area contributed by atoms with Crippen molar-refractivity contribution >= 4 is 31.5 Å². The van der Waals surface area contributed by atoms with Crippen molar-refractivity contribution in [3.63, 3.8) is 0 Å². The highest BCUT2D eigenvalue weighted by molar-refractivity contribution is 9.10. The Balaban J connectivity index is 3.15. The molecule has 1 heterocycles. The largest absolute Gasteiger partial charge is 0.250 e. The lowest BCUT2D eigenvalue weighted by Crippen LogP contribution is -1.89. The third kappa shape index (κ3) is 3.32. The first-order valence-electron chi connectivity index (χ1n) is 3.27. The summed E-state index contributed by atoms with van der Waals surface area (Å²) in [6.07, 6.45) is 3.16. The first kappa shape index (κ1) is 9.67. The minimum Gasteiger partial charge on any atom is -0.250 e. The van der Waals surface area contributed by atoms with Crippen LogP contribution in [0.4, 0.5) is 5.82 Å². The van der Waals surface area contributed by atoms with E-state index in [1.807, 2.05) is 0 Å². The molecule has 3 nitrogen and oxygen atoms in total. The molecule has 0 unspecified atom stereocenters. The van der Waals surface area contributed by atoms with Crippen LogP contribution in [0.2, 0.25) is 0 Å². The van der Waals surface area contributed by atoms with Gasteiger partial charge in [0.15, 0.2) is 5.82 Å². The van der Waals surface area contributed by atoms with Gasteiger partial charge in [-0.15, -0.1) is 0 Å². The molecule has 1 aromatic rings. The minimum absolute atomic E-state index is 0.499. The maximum atomic E-state index is 11.2. The molecule has 66 valence electrons. The van der Waals surface area contributed by atoms with Gasteiger partial charge in [0.05, 0.1) is 0 Å². The molecule has 0 saturated heterocycles. The summed E-state index contributed by atoms with van der Waals surface area (Å²) in [5.41, 5.74) is 0. The molecule has 0 fully saturated rings. The van der Waals surface area contributed by atoms with Crippen LogP contribution in [0.1, 0.15) is 0 Å². The van der Waals surface area contributed by atoms with Crippen molar-refractivity contribution in [1.29, 1.82) is 0 Å². The van der Waals surface area contributed by atoms with Gasteiger partial charge in [-0.1, -0.05) is 6.07 Å². The number of pyridine rings is 1. The molecule has 0 amide bonds. The quantitative estimate of drug-likeness (QED) is 0.716. The summed E-state index contributed by atoms with van der Waals surface area (Å²) in [5, 5.41) is 0. The van der Waals surface area contributed by atoms with Gasteiger partial charge in [-0.2, -0.15) is 4.36 Å². The van der Waals surface area contributed by atoms with E-state index >= 15 is 0 Å². The highest BCUT2D eigenvalue weighted by Crippen LogP contribution is 2.13. The molecule has 0 radical (unpaired) electrons. The standard InChI is InChI=1S/C7H9BrN2OS/c1-12(2,11)10-7-5-3-4-6(8)9-7/h3-5H,1-2H3. The van der Waals surface area contributed by atoms with E-state index in [1.54, 1.807) is 30.7 Å². The second kappa shape index (κ2) is 3.53. The first-order valence-corrected chi connectivity index (χ1v) is 6.39. The van der Waals surface area contributed by atoms with E-state index in [2.05, 4.69) is 25.3 Å². The molecular weight excluding hydrogens is 240 g/mol. The monoisotopic (exact) mass is 248 g/mol. The van der Waals surface area contributed by atoms with Crippen LogP contribution < -0.4 is 0 Å². The molecule has 0 aromatic carbocycles. The fourth-order valence-corrected chi connectivity index (χ4v) is 1.56. The summed E-state index contributed by atoms with van der Waals surface area (Å²) in [4.78, 5) is 4.03. The van der Waals surface area contributed by atoms with Crippen LogP contribution in [0.5, 0.6) is 0 Å². The van der Waals surface area contributed by atoms with Crippen LogP contribution >= 0.6 is 15.9 Å². The van der Waals surface area contributed by atoms with Crippen molar-refractivity contribution in [2.75, 3.05) is 12.5 Å². The van der Waals surface area contributed by atoms with Crippen molar-refractivity contribution in [2.24, 2.45) is 4.36 Å². The van der Waals surface area contributed by atoms with Crippen LogP contribution in [-0.4, -0.2) is 21.7 Å². The zero-order valence-electron chi connectivity index (χ0n) is 6.82. The van der Waals surface area contributed by atoms with Crippen LogP contribution in [0.25, 0.3) is 0 Å². The summed E-state index contributed by atoms with van der Waals surface area (Å²) in [5.74, 6) is 0.499. The Morgan fingerprint density at radius 3 is 2.67 bits per heavy atom. The van der Waals surface area contributed by atoms with Gasteiger partial charge in [0, 0.05) is 22.2 Å². The lowest BCUT2D eigenvalue weighted by molar-refractivity contribution is 0.684. The summed E-state index contributed by atoms with van der Waals surface area (Å²) in [6.45, 7) is 0. The minimum atomic E-state index is -2.10. The van der Waals surface area contributed by atoms with E-state index in [4.69, 9.17) is 0 Å². The fourth-order valence-electron chi connectivity index (χ4n) is 0.674. The Kier molecular flexibility index (Phi) is 2.85. The summed E-state index contributed by atoms with van der Waals surface area (Å²) >= 11 is 3.21. The molecule has 0 aliphatic carbocycles. The number of hydrogen-bond acceptors (Lipinski definition) is 3. The van der Waals surface area contributed by atoms with Gasteiger partial charge in [-0.25, -0.2) is 9.19 Å². The molecule has 1 rings (SSSR count). The topological polar surface area (TPSA) is 42.3 Å². The summed E-state index contributed by atoms with van der Waals surface area (Å²) < 4.78 is 15.9. The van der Waals surface area contributed by atoms with Gasteiger partial charge >= 0.3 is 0 Å². The lowest BCUT2D eigenvalue weighted by Gasteiger charge is -1.95. The Morgan fingerprint density at radius 2 is 2.17 bits per heavy atom. The van der Waals surface area contributed by atoms with E-state index in [0.29, 0.717) is 10.4 Å². The number of rotatable bonds is 1. The zero-order chi connectivity index (χ0) is 9.19. The van der Waals surface area contributed by atoms with Gasteiger partial charge < -0.3 is 0 Å². The van der Waals surface area contributed by atoms with Crippen molar-refractivity contribution in [3.8, 4) is 0 Å². The predicted octanol–water partition coefficient (Wildman–Crippen LogP) is 2.20. The number of nitrogens with zero attached hydrogens (tertiary/aromatic N) is 2. The predicted molar refractivity (Wildman–Crippen MR) is 54.0 cm³/mol. The van der Waals surface area contributed by atoms with E-state index < -0.39 is 9.73 Å². The van der Waals surface area contributed by atoms with Gasteiger partial charge in [-0.05, 0) is 28.1 Å². The molecule has 0 atom stereocenters. The maximum Gasteiger partial charge on any atom is 0.162 e. The van der Waals surface area contributed by atoms with Gasteiger partial charge in [-0.3, -0.25) is 0 Å². The third-order valence-corrected chi connectivity index (χ3v) is 2.08. The average Bonchev–Trinajstić information content (AvgIpc) is 1.82. The average molecular weight is 249 g/mol. The SMILES string of the molecule is CS(C)(=O)=Nc1cccc(Br)n1. The third-order valence-electron chi connectivity index (χ3n) is 1.01. The zero-order valence-corrected chi connectivity index (χ0v) is 9.22. The normalized spacial score (nSPS) is 11.2. The molecule has 0 spiro atoms. The Bertz CT molecular complexity index is 388. The fraction of sp³-hybridized carbons (Fsp3) is 0.286. The highest BCUT2D eigenvalue weighted by Gasteiger charge is 1.94. The molecule has 0 aliphatic rings. The smallest absolute Gasteiger partial charge is 0.162 e. The van der Waals surface area contributed by atoms with E-state index in [9.17, 15) is 4.21 Å². The molecule has 0 N–H and O–H groups in total.